The average molecular weight is 605 g/mol. The second-order valence-electron chi connectivity index (χ2n) is 11.8. The molecule has 0 amide bonds. The Morgan fingerprint density at radius 1 is 0.383 bits per heavy atom. The van der Waals surface area contributed by atoms with E-state index in [1.807, 2.05) is 103 Å². The van der Waals surface area contributed by atoms with Gasteiger partial charge >= 0.3 is 0 Å². The van der Waals surface area contributed by atoms with Crippen LogP contribution in [0.15, 0.2) is 174 Å². The summed E-state index contributed by atoms with van der Waals surface area (Å²) in [5.74, 6) is 0. The van der Waals surface area contributed by atoms with Gasteiger partial charge < -0.3 is 4.42 Å². The lowest BCUT2D eigenvalue weighted by Gasteiger charge is -2.19. The molecule has 0 radical (unpaired) electrons. The smallest absolute Gasteiger partial charge is 0.142 e. The minimum absolute atomic E-state index is 0.0254. The number of hydrogen-bond acceptors (Lipinski definition) is 1. The molecule has 218 valence electrons. The Labute approximate surface area is 283 Å². The molecule has 10 aromatic rings. The van der Waals surface area contributed by atoms with E-state index in [0.29, 0.717) is 27.7 Å². The van der Waals surface area contributed by atoms with Crippen molar-refractivity contribution in [3.63, 3.8) is 0 Å². The molecule has 47 heavy (non-hydrogen) atoms. The highest BCUT2D eigenvalue weighted by molar-refractivity contribution is 6.23. The van der Waals surface area contributed by atoms with Gasteiger partial charge in [0.25, 0.3) is 0 Å². The van der Waals surface area contributed by atoms with Gasteiger partial charge in [0.2, 0.25) is 0 Å². The Bertz CT molecular complexity index is 3310. The van der Waals surface area contributed by atoms with Crippen LogP contribution in [-0.4, -0.2) is 0 Å². The molecule has 0 bridgehead atoms. The van der Waals surface area contributed by atoms with Crippen LogP contribution in [-0.2, 0) is 0 Å². The van der Waals surface area contributed by atoms with Crippen LogP contribution in [0.2, 0.25) is 0 Å². The van der Waals surface area contributed by atoms with E-state index in [2.05, 4.69) is 12.1 Å². The molecule has 10 rings (SSSR count). The summed E-state index contributed by atoms with van der Waals surface area (Å²) in [5.41, 5.74) is 3.92. The third kappa shape index (κ3) is 3.90. The highest BCUT2D eigenvalue weighted by Gasteiger charge is 2.20. The molecule has 0 fully saturated rings. The van der Waals surface area contributed by atoms with Crippen LogP contribution in [0.1, 0.15) is 11.0 Å². The predicted octanol–water partition coefficient (Wildman–Crippen LogP) is 13.2. The van der Waals surface area contributed by atoms with Gasteiger partial charge in [-0.15, -0.1) is 0 Å². The van der Waals surface area contributed by atoms with Crippen molar-refractivity contribution in [1.82, 2.24) is 0 Å². The Morgan fingerprint density at radius 2 is 1.06 bits per heavy atom. The van der Waals surface area contributed by atoms with Gasteiger partial charge in [-0.2, -0.15) is 0 Å². The quantitative estimate of drug-likeness (QED) is 0.144. The van der Waals surface area contributed by atoms with E-state index < -0.39 is 24.2 Å². The maximum Gasteiger partial charge on any atom is 0.142 e. The molecule has 0 aliphatic carbocycles. The van der Waals surface area contributed by atoms with E-state index in [1.165, 1.54) is 0 Å². The van der Waals surface area contributed by atoms with Gasteiger partial charge in [-0.05, 0) is 94.5 Å². The molecule has 0 N–H and O–H groups in total. The maximum atomic E-state index is 9.56. The Hall–Kier alpha value is -6.18. The largest absolute Gasteiger partial charge is 0.463 e. The van der Waals surface area contributed by atoms with Crippen molar-refractivity contribution < 1.29 is 15.4 Å². The normalized spacial score (nSPS) is 14.2. The lowest BCUT2D eigenvalue weighted by atomic mass is 9.84. The first-order chi connectivity index (χ1) is 26.7. The molecule has 1 nitrogen and oxygen atoms in total. The zero-order valence-electron chi connectivity index (χ0n) is 33.0. The SMILES string of the molecule is [2H]c1c([2H])c([2H])c2c(-c3ccccc3-c3cccc4ccccc34)c3c(-c4coc5c4ccc4c6ccccc6ccc45)c([2H])c([2H])c([2H])c3c([2H])c2c1[2H]. The van der Waals surface area contributed by atoms with Crippen LogP contribution < -0.4 is 0 Å². The van der Waals surface area contributed by atoms with Crippen LogP contribution in [0, 0.1) is 0 Å². The zero-order valence-corrected chi connectivity index (χ0v) is 25.0. The fraction of sp³-hybridized carbons (Fsp3) is 0. The van der Waals surface area contributed by atoms with Crippen LogP contribution in [0.5, 0.6) is 0 Å². The number of hydrogen-bond donors (Lipinski definition) is 0. The predicted molar refractivity (Wildman–Crippen MR) is 200 cm³/mol. The summed E-state index contributed by atoms with van der Waals surface area (Å²) in [6.07, 6.45) is 1.56. The van der Waals surface area contributed by atoms with E-state index in [1.54, 1.807) is 6.26 Å². The van der Waals surface area contributed by atoms with Crippen molar-refractivity contribution in [2.24, 2.45) is 0 Å². The van der Waals surface area contributed by atoms with Gasteiger partial charge in [0.15, 0.2) is 0 Å². The first-order valence-corrected chi connectivity index (χ1v) is 15.5. The molecule has 1 heterocycles. The van der Waals surface area contributed by atoms with Gasteiger partial charge in [-0.25, -0.2) is 0 Å². The van der Waals surface area contributed by atoms with Crippen LogP contribution >= 0.6 is 0 Å². The molecule has 1 heteroatoms. The maximum absolute atomic E-state index is 9.56. The third-order valence-electron chi connectivity index (χ3n) is 9.32. The molecule has 1 aromatic heterocycles. The number of fused-ring (bicyclic) bond motifs is 8. The van der Waals surface area contributed by atoms with Crippen LogP contribution in [0.25, 0.3) is 98.2 Å². The molecular formula is C46H28O. The zero-order chi connectivity index (χ0) is 37.9. The molecule has 0 spiro atoms. The van der Waals surface area contributed by atoms with E-state index in [9.17, 15) is 5.48 Å². The molecule has 0 aliphatic heterocycles. The lowest BCUT2D eigenvalue weighted by Crippen LogP contribution is -1.92. The van der Waals surface area contributed by atoms with Crippen molar-refractivity contribution in [3.05, 3.63) is 170 Å². The molecule has 0 unspecified atom stereocenters. The molecule has 0 aliphatic rings. The van der Waals surface area contributed by atoms with Crippen LogP contribution in [0.4, 0.5) is 0 Å². The second kappa shape index (κ2) is 10.2. The van der Waals surface area contributed by atoms with Gasteiger partial charge in [-0.1, -0.05) is 145 Å². The average Bonchev–Trinajstić information content (AvgIpc) is 3.65. The Morgan fingerprint density at radius 3 is 1.98 bits per heavy atom. The summed E-state index contributed by atoms with van der Waals surface area (Å²) >= 11 is 0. The number of rotatable bonds is 3. The monoisotopic (exact) mass is 604 g/mol. The topological polar surface area (TPSA) is 13.1 Å². The summed E-state index contributed by atoms with van der Waals surface area (Å²) in [6.45, 7) is 0. The highest BCUT2D eigenvalue weighted by Crippen LogP contribution is 2.47. The summed E-state index contributed by atoms with van der Waals surface area (Å²) in [6, 6.07) is 34.7. The van der Waals surface area contributed by atoms with Crippen molar-refractivity contribution in [3.8, 4) is 33.4 Å². The molecule has 0 atom stereocenters. The van der Waals surface area contributed by atoms with Crippen molar-refractivity contribution in [1.29, 1.82) is 0 Å². The molecular weight excluding hydrogens is 569 g/mol. The summed E-state index contributed by atoms with van der Waals surface area (Å²) in [5, 5.41) is 7.02. The Kier molecular flexibility index (Phi) is 4.19. The van der Waals surface area contributed by atoms with E-state index >= 15 is 0 Å². The van der Waals surface area contributed by atoms with Gasteiger partial charge in [-0.3, -0.25) is 0 Å². The fourth-order valence-corrected chi connectivity index (χ4v) is 7.24. The molecule has 0 saturated heterocycles. The van der Waals surface area contributed by atoms with Crippen LogP contribution in [0.3, 0.4) is 0 Å². The van der Waals surface area contributed by atoms with Crippen molar-refractivity contribution >= 4 is 64.8 Å². The number of furan rings is 1. The molecule has 9 aromatic carbocycles. The fourth-order valence-electron chi connectivity index (χ4n) is 7.24. The summed E-state index contributed by atoms with van der Waals surface area (Å²) in [7, 11) is 0. The van der Waals surface area contributed by atoms with E-state index in [-0.39, 0.29) is 51.3 Å². The Balaban J connectivity index is 1.43. The minimum Gasteiger partial charge on any atom is -0.463 e. The van der Waals surface area contributed by atoms with E-state index in [0.717, 1.165) is 43.4 Å². The first-order valence-electron chi connectivity index (χ1n) is 19.5. The van der Waals surface area contributed by atoms with Crippen molar-refractivity contribution in [2.45, 2.75) is 0 Å². The van der Waals surface area contributed by atoms with E-state index in [4.69, 9.17) is 9.90 Å². The number of benzene rings is 9. The second-order valence-corrected chi connectivity index (χ2v) is 11.8. The van der Waals surface area contributed by atoms with Gasteiger partial charge in [0, 0.05) is 16.3 Å². The summed E-state index contributed by atoms with van der Waals surface area (Å²) < 4.78 is 79.6. The van der Waals surface area contributed by atoms with Gasteiger partial charge in [0.1, 0.15) is 5.58 Å². The third-order valence-corrected chi connectivity index (χ3v) is 9.32. The first kappa shape index (κ1) is 19.4. The molecule has 0 saturated carbocycles. The van der Waals surface area contributed by atoms with Gasteiger partial charge in [0.05, 0.1) is 17.2 Å². The van der Waals surface area contributed by atoms with Crippen molar-refractivity contribution in [2.75, 3.05) is 0 Å². The minimum atomic E-state index is -0.492. The standard InChI is InChI=1S/C46H28O/c1-4-16-33-29(11-1)14-9-21-36(33)37-19-7-8-20-39(37)45-35-18-6-3-13-31(35)27-32-15-10-22-40(44(32)45)43-28-47-46-41-24-23-30-12-2-5-17-34(30)38(41)25-26-42(43)46/h1-28H/i3D,6D,10D,13D,15D,18D,22D,27D. The highest BCUT2D eigenvalue weighted by atomic mass is 16.3. The lowest BCUT2D eigenvalue weighted by molar-refractivity contribution is 0.620. The summed E-state index contributed by atoms with van der Waals surface area (Å²) in [4.78, 5) is 0.